The minimum absolute atomic E-state index is 0.0175. The number of carbonyl (C=O) groups excluding carboxylic acids is 2. The molecule has 1 aliphatic carbocycles. The third-order valence-corrected chi connectivity index (χ3v) is 4.26. The quantitative estimate of drug-likeness (QED) is 0.804. The highest BCUT2D eigenvalue weighted by Crippen LogP contribution is 2.25. The molecule has 24 heavy (non-hydrogen) atoms. The number of benzene rings is 1. The molecular formula is C18H20N4O2. The molecule has 2 amide bonds. The van der Waals surface area contributed by atoms with Crippen molar-refractivity contribution in [3.05, 3.63) is 35.4 Å². The van der Waals surface area contributed by atoms with Crippen molar-refractivity contribution in [3.8, 4) is 12.1 Å². The van der Waals surface area contributed by atoms with Crippen molar-refractivity contribution in [1.82, 2.24) is 10.6 Å². The minimum atomic E-state index is -0.297. The van der Waals surface area contributed by atoms with Crippen molar-refractivity contribution in [2.75, 3.05) is 6.54 Å². The van der Waals surface area contributed by atoms with E-state index in [1.54, 1.807) is 24.3 Å². The largest absolute Gasteiger partial charge is 0.349 e. The smallest absolute Gasteiger partial charge is 0.251 e. The molecule has 6 heteroatoms. The molecular weight excluding hydrogens is 304 g/mol. The van der Waals surface area contributed by atoms with Crippen LogP contribution in [0.1, 0.15) is 41.6 Å². The molecule has 2 N–H and O–H groups in total. The van der Waals surface area contributed by atoms with Gasteiger partial charge in [-0.2, -0.15) is 10.5 Å². The summed E-state index contributed by atoms with van der Waals surface area (Å²) in [7, 11) is 0. The van der Waals surface area contributed by atoms with Crippen molar-refractivity contribution in [2.24, 2.45) is 5.92 Å². The third-order valence-electron chi connectivity index (χ3n) is 4.26. The molecule has 1 fully saturated rings. The standard InChI is InChI=1S/C18H20N4O2/c19-10-9-13-5-7-14(8-6-13)17(23)22-16-4-2-1-3-15(16)18(24)21-12-11-20/h5-8,15-16H,1-4,9,12H2,(H,21,24)(H,22,23). The molecule has 6 nitrogen and oxygen atoms in total. The SMILES string of the molecule is N#CCNC(=O)C1CCCCC1NC(=O)c1ccc(CC#N)cc1. The number of nitrogens with one attached hydrogen (secondary N) is 2. The van der Waals surface area contributed by atoms with Crippen LogP contribution in [0.2, 0.25) is 0 Å². The molecule has 1 saturated carbocycles. The fourth-order valence-electron chi connectivity index (χ4n) is 2.99. The number of hydrogen-bond donors (Lipinski definition) is 2. The van der Waals surface area contributed by atoms with Crippen molar-refractivity contribution < 1.29 is 9.59 Å². The Hall–Kier alpha value is -2.86. The lowest BCUT2D eigenvalue weighted by Crippen LogP contribution is -2.48. The van der Waals surface area contributed by atoms with Gasteiger partial charge in [0.25, 0.3) is 5.91 Å². The molecule has 0 bridgehead atoms. The summed E-state index contributed by atoms with van der Waals surface area (Å²) in [6.07, 6.45) is 3.69. The first-order valence-corrected chi connectivity index (χ1v) is 8.07. The Kier molecular flexibility index (Phi) is 6.33. The van der Waals surface area contributed by atoms with E-state index in [-0.39, 0.29) is 30.3 Å². The van der Waals surface area contributed by atoms with E-state index < -0.39 is 0 Å². The van der Waals surface area contributed by atoms with Crippen LogP contribution in [0.25, 0.3) is 0 Å². The lowest BCUT2D eigenvalue weighted by atomic mass is 9.83. The Morgan fingerprint density at radius 3 is 2.46 bits per heavy atom. The summed E-state index contributed by atoms with van der Waals surface area (Å²) < 4.78 is 0. The second-order valence-corrected chi connectivity index (χ2v) is 5.88. The Morgan fingerprint density at radius 2 is 1.79 bits per heavy atom. The zero-order valence-electron chi connectivity index (χ0n) is 13.4. The number of nitriles is 2. The molecule has 0 spiro atoms. The first-order chi connectivity index (χ1) is 11.7. The van der Waals surface area contributed by atoms with Gasteiger partial charge in [-0.15, -0.1) is 0 Å². The summed E-state index contributed by atoms with van der Waals surface area (Å²) in [4.78, 5) is 24.6. The Bertz CT molecular complexity index is 670. The molecule has 1 aliphatic rings. The summed E-state index contributed by atoms with van der Waals surface area (Å²) in [5.41, 5.74) is 1.37. The minimum Gasteiger partial charge on any atom is -0.349 e. The van der Waals surface area contributed by atoms with Gasteiger partial charge < -0.3 is 10.6 Å². The monoisotopic (exact) mass is 324 g/mol. The normalized spacial score (nSPS) is 19.6. The number of amides is 2. The van der Waals surface area contributed by atoms with Gasteiger partial charge in [0.2, 0.25) is 5.91 Å². The first-order valence-electron chi connectivity index (χ1n) is 8.07. The predicted octanol–water partition coefficient (Wildman–Crippen LogP) is 1.68. The summed E-state index contributed by atoms with van der Waals surface area (Å²) in [5.74, 6) is -0.691. The van der Waals surface area contributed by atoms with E-state index in [1.807, 2.05) is 6.07 Å². The number of nitrogens with zero attached hydrogens (tertiary/aromatic N) is 2. The molecule has 1 aromatic carbocycles. The summed E-state index contributed by atoms with van der Waals surface area (Å²) >= 11 is 0. The average Bonchev–Trinajstić information content (AvgIpc) is 2.61. The van der Waals surface area contributed by atoms with Crippen LogP contribution in [0.5, 0.6) is 0 Å². The summed E-state index contributed by atoms with van der Waals surface area (Å²) in [6.45, 7) is -0.0175. The van der Waals surface area contributed by atoms with Gasteiger partial charge in [-0.3, -0.25) is 9.59 Å². The second-order valence-electron chi connectivity index (χ2n) is 5.88. The van der Waals surface area contributed by atoms with Crippen molar-refractivity contribution in [1.29, 1.82) is 10.5 Å². The van der Waals surface area contributed by atoms with Crippen molar-refractivity contribution in [3.63, 3.8) is 0 Å². The summed E-state index contributed by atoms with van der Waals surface area (Å²) in [6, 6.07) is 10.6. The highest BCUT2D eigenvalue weighted by atomic mass is 16.2. The van der Waals surface area contributed by atoms with Gasteiger partial charge in [0.15, 0.2) is 0 Å². The van der Waals surface area contributed by atoms with Gasteiger partial charge in [0.05, 0.1) is 24.5 Å². The molecule has 1 aromatic rings. The van der Waals surface area contributed by atoms with Gasteiger partial charge in [0.1, 0.15) is 6.54 Å². The molecule has 0 radical (unpaired) electrons. The van der Waals surface area contributed by atoms with Crippen LogP contribution >= 0.6 is 0 Å². The molecule has 0 aliphatic heterocycles. The van der Waals surface area contributed by atoms with Crippen LogP contribution in [0.3, 0.4) is 0 Å². The fourth-order valence-corrected chi connectivity index (χ4v) is 2.99. The molecule has 2 rings (SSSR count). The number of hydrogen-bond acceptors (Lipinski definition) is 4. The summed E-state index contributed by atoms with van der Waals surface area (Å²) in [5, 5.41) is 22.8. The predicted molar refractivity (Wildman–Crippen MR) is 87.6 cm³/mol. The van der Waals surface area contributed by atoms with Crippen LogP contribution in [0.15, 0.2) is 24.3 Å². The van der Waals surface area contributed by atoms with Crippen molar-refractivity contribution >= 4 is 11.8 Å². The van der Waals surface area contributed by atoms with E-state index in [9.17, 15) is 9.59 Å². The zero-order valence-corrected chi connectivity index (χ0v) is 13.4. The Morgan fingerprint density at radius 1 is 1.08 bits per heavy atom. The van der Waals surface area contributed by atoms with Crippen LogP contribution in [0, 0.1) is 28.6 Å². The zero-order chi connectivity index (χ0) is 17.4. The maximum Gasteiger partial charge on any atom is 0.251 e. The third kappa shape index (κ3) is 4.57. The fraction of sp³-hybridized carbons (Fsp3) is 0.444. The van der Waals surface area contributed by atoms with Gasteiger partial charge in [-0.25, -0.2) is 0 Å². The highest BCUT2D eigenvalue weighted by Gasteiger charge is 2.31. The lowest BCUT2D eigenvalue weighted by Gasteiger charge is -2.31. The van der Waals surface area contributed by atoms with Crippen molar-refractivity contribution in [2.45, 2.75) is 38.1 Å². The molecule has 0 aromatic heterocycles. The van der Waals surface area contributed by atoms with Gasteiger partial charge in [-0.1, -0.05) is 25.0 Å². The highest BCUT2D eigenvalue weighted by molar-refractivity contribution is 5.95. The van der Waals surface area contributed by atoms with Gasteiger partial charge in [0, 0.05) is 11.6 Å². The lowest BCUT2D eigenvalue weighted by molar-refractivity contribution is -0.126. The second kappa shape index (κ2) is 8.69. The van der Waals surface area contributed by atoms with E-state index >= 15 is 0 Å². The number of rotatable bonds is 5. The molecule has 2 atom stereocenters. The maximum atomic E-state index is 12.4. The molecule has 0 heterocycles. The van der Waals surface area contributed by atoms with E-state index in [4.69, 9.17) is 10.5 Å². The van der Waals surface area contributed by atoms with E-state index in [0.29, 0.717) is 18.4 Å². The van der Waals surface area contributed by atoms with E-state index in [1.165, 1.54) is 0 Å². The van der Waals surface area contributed by atoms with E-state index in [2.05, 4.69) is 16.7 Å². The van der Waals surface area contributed by atoms with Crippen LogP contribution in [-0.2, 0) is 11.2 Å². The Labute approximate surface area is 141 Å². The topological polar surface area (TPSA) is 106 Å². The average molecular weight is 324 g/mol. The Balaban J connectivity index is 2.01. The molecule has 2 unspecified atom stereocenters. The van der Waals surface area contributed by atoms with Crippen LogP contribution in [-0.4, -0.2) is 24.4 Å². The van der Waals surface area contributed by atoms with Crippen LogP contribution < -0.4 is 10.6 Å². The molecule has 124 valence electrons. The first kappa shape index (κ1) is 17.5. The van der Waals surface area contributed by atoms with Crippen LogP contribution in [0.4, 0.5) is 0 Å². The van der Waals surface area contributed by atoms with Gasteiger partial charge >= 0.3 is 0 Å². The van der Waals surface area contributed by atoms with Gasteiger partial charge in [-0.05, 0) is 30.5 Å². The van der Waals surface area contributed by atoms with E-state index in [0.717, 1.165) is 24.8 Å². The molecule has 0 saturated heterocycles. The number of carbonyl (C=O) groups is 2. The maximum absolute atomic E-state index is 12.4.